The summed E-state index contributed by atoms with van der Waals surface area (Å²) >= 11 is 0. The molecule has 27 heavy (non-hydrogen) atoms. The van der Waals surface area contributed by atoms with Crippen LogP contribution in [0.1, 0.15) is 52.2 Å². The van der Waals surface area contributed by atoms with Crippen molar-refractivity contribution >= 4 is 35.9 Å². The summed E-state index contributed by atoms with van der Waals surface area (Å²) < 4.78 is 10.4. The van der Waals surface area contributed by atoms with Gasteiger partial charge in [0.05, 0.1) is 25.3 Å². The molecule has 7 nitrogen and oxygen atoms in total. The van der Waals surface area contributed by atoms with Crippen molar-refractivity contribution in [1.29, 1.82) is 0 Å². The first-order valence-electron chi connectivity index (χ1n) is 9.44. The SMILES string of the molecule is CCNC(=NCC(C)(O)c1ccco1)NC1CCC(C(=O)OCC)CC1.I. The van der Waals surface area contributed by atoms with Crippen molar-refractivity contribution in [2.45, 2.75) is 58.1 Å². The minimum Gasteiger partial charge on any atom is -0.466 e. The van der Waals surface area contributed by atoms with Crippen LogP contribution in [-0.4, -0.2) is 42.8 Å². The van der Waals surface area contributed by atoms with Gasteiger partial charge in [0.1, 0.15) is 11.4 Å². The van der Waals surface area contributed by atoms with Crippen molar-refractivity contribution in [1.82, 2.24) is 10.6 Å². The lowest BCUT2D eigenvalue weighted by molar-refractivity contribution is -0.149. The fourth-order valence-electron chi connectivity index (χ4n) is 3.14. The van der Waals surface area contributed by atoms with Crippen molar-refractivity contribution in [3.63, 3.8) is 0 Å². The first-order valence-corrected chi connectivity index (χ1v) is 9.44. The molecule has 0 amide bonds. The number of nitrogens with zero attached hydrogens (tertiary/aromatic N) is 1. The van der Waals surface area contributed by atoms with Crippen LogP contribution < -0.4 is 10.6 Å². The number of carbonyl (C=O) groups excluding carboxylic acids is 1. The van der Waals surface area contributed by atoms with Gasteiger partial charge in [-0.25, -0.2) is 4.99 Å². The van der Waals surface area contributed by atoms with E-state index in [1.54, 1.807) is 25.3 Å². The van der Waals surface area contributed by atoms with E-state index >= 15 is 0 Å². The Morgan fingerprint density at radius 2 is 2.07 bits per heavy atom. The second kappa shape index (κ2) is 11.5. The number of guanidine groups is 1. The molecule has 0 saturated heterocycles. The minimum atomic E-state index is -1.16. The Labute approximate surface area is 178 Å². The van der Waals surface area contributed by atoms with Crippen LogP contribution in [-0.2, 0) is 15.1 Å². The molecule has 1 heterocycles. The maximum atomic E-state index is 11.8. The van der Waals surface area contributed by atoms with Crippen LogP contribution in [0.15, 0.2) is 27.8 Å². The molecule has 0 aliphatic heterocycles. The molecule has 8 heteroatoms. The van der Waals surface area contributed by atoms with Crippen LogP contribution in [0.4, 0.5) is 0 Å². The fraction of sp³-hybridized carbons (Fsp3) is 0.684. The van der Waals surface area contributed by atoms with E-state index in [1.807, 2.05) is 13.8 Å². The number of rotatable bonds is 7. The number of hydrogen-bond donors (Lipinski definition) is 3. The summed E-state index contributed by atoms with van der Waals surface area (Å²) in [6.45, 7) is 6.87. The van der Waals surface area contributed by atoms with Gasteiger partial charge in [0.15, 0.2) is 5.96 Å². The molecule has 1 saturated carbocycles. The van der Waals surface area contributed by atoms with Crippen molar-refractivity contribution in [3.05, 3.63) is 24.2 Å². The van der Waals surface area contributed by atoms with Gasteiger partial charge in [-0.15, -0.1) is 24.0 Å². The summed E-state index contributed by atoms with van der Waals surface area (Å²) in [5, 5.41) is 17.2. The first-order chi connectivity index (χ1) is 12.5. The molecule has 1 atom stereocenters. The Kier molecular flexibility index (Phi) is 10.1. The molecule has 1 unspecified atom stereocenters. The molecule has 1 aliphatic carbocycles. The largest absolute Gasteiger partial charge is 0.466 e. The van der Waals surface area contributed by atoms with Gasteiger partial charge in [0, 0.05) is 12.6 Å². The Hall–Kier alpha value is -1.29. The van der Waals surface area contributed by atoms with Crippen LogP contribution >= 0.6 is 24.0 Å². The van der Waals surface area contributed by atoms with E-state index < -0.39 is 5.60 Å². The summed E-state index contributed by atoms with van der Waals surface area (Å²) in [5.74, 6) is 1.08. The van der Waals surface area contributed by atoms with Gasteiger partial charge in [-0.2, -0.15) is 0 Å². The van der Waals surface area contributed by atoms with Gasteiger partial charge >= 0.3 is 5.97 Å². The van der Waals surface area contributed by atoms with E-state index in [-0.39, 0.29) is 48.5 Å². The molecule has 3 N–H and O–H groups in total. The highest BCUT2D eigenvalue weighted by atomic mass is 127. The molecular formula is C19H32IN3O4. The number of furan rings is 1. The maximum Gasteiger partial charge on any atom is 0.308 e. The van der Waals surface area contributed by atoms with Crippen LogP contribution in [0.25, 0.3) is 0 Å². The predicted molar refractivity (Wildman–Crippen MR) is 115 cm³/mol. The zero-order valence-corrected chi connectivity index (χ0v) is 18.7. The number of hydrogen-bond acceptors (Lipinski definition) is 5. The topological polar surface area (TPSA) is 96.1 Å². The fourth-order valence-corrected chi connectivity index (χ4v) is 3.14. The molecule has 0 bridgehead atoms. The summed E-state index contributed by atoms with van der Waals surface area (Å²) in [4.78, 5) is 16.4. The predicted octanol–water partition coefficient (Wildman–Crippen LogP) is 2.78. The highest BCUT2D eigenvalue weighted by molar-refractivity contribution is 14.0. The van der Waals surface area contributed by atoms with Gasteiger partial charge in [-0.1, -0.05) is 0 Å². The van der Waals surface area contributed by atoms with Crippen LogP contribution in [0.3, 0.4) is 0 Å². The summed E-state index contributed by atoms with van der Waals surface area (Å²) in [5.41, 5.74) is -1.16. The van der Waals surface area contributed by atoms with E-state index in [9.17, 15) is 9.90 Å². The molecule has 0 spiro atoms. The van der Waals surface area contributed by atoms with Crippen molar-refractivity contribution in [2.75, 3.05) is 19.7 Å². The minimum absolute atomic E-state index is 0. The van der Waals surface area contributed by atoms with E-state index in [4.69, 9.17) is 9.15 Å². The maximum absolute atomic E-state index is 11.8. The first kappa shape index (κ1) is 23.7. The van der Waals surface area contributed by atoms with Gasteiger partial charge in [0.2, 0.25) is 0 Å². The highest BCUT2D eigenvalue weighted by Crippen LogP contribution is 2.25. The average Bonchev–Trinajstić information content (AvgIpc) is 3.16. The quantitative estimate of drug-likeness (QED) is 0.234. The van der Waals surface area contributed by atoms with Gasteiger partial charge in [0.25, 0.3) is 0 Å². The van der Waals surface area contributed by atoms with E-state index in [1.165, 1.54) is 0 Å². The molecule has 1 aromatic heterocycles. The molecule has 154 valence electrons. The second-order valence-corrected chi connectivity index (χ2v) is 6.89. The Balaban J connectivity index is 0.00000364. The van der Waals surface area contributed by atoms with Crippen LogP contribution in [0.5, 0.6) is 0 Å². The second-order valence-electron chi connectivity index (χ2n) is 6.89. The number of nitrogens with one attached hydrogen (secondary N) is 2. The van der Waals surface area contributed by atoms with E-state index in [2.05, 4.69) is 15.6 Å². The number of ether oxygens (including phenoxy) is 1. The standard InChI is InChI=1S/C19H31N3O4.HI/c1-4-20-18(21-13-19(3,24)16-7-6-12-26-16)22-15-10-8-14(9-11-15)17(23)25-5-2;/h6-7,12,14-15,24H,4-5,8-11,13H2,1-3H3,(H2,20,21,22);1H. The van der Waals surface area contributed by atoms with E-state index in [0.717, 1.165) is 32.2 Å². The van der Waals surface area contributed by atoms with Gasteiger partial charge in [-0.05, 0) is 58.6 Å². The highest BCUT2D eigenvalue weighted by Gasteiger charge is 2.29. The lowest BCUT2D eigenvalue weighted by Gasteiger charge is -2.29. The monoisotopic (exact) mass is 493 g/mol. The Morgan fingerprint density at radius 1 is 1.37 bits per heavy atom. The zero-order valence-electron chi connectivity index (χ0n) is 16.4. The van der Waals surface area contributed by atoms with Crippen molar-refractivity contribution in [2.24, 2.45) is 10.9 Å². The smallest absolute Gasteiger partial charge is 0.308 e. The summed E-state index contributed by atoms with van der Waals surface area (Å²) in [6, 6.07) is 3.75. The molecule has 0 aromatic carbocycles. The Bertz CT molecular complexity index is 582. The molecular weight excluding hydrogens is 461 g/mol. The van der Waals surface area contributed by atoms with Crippen LogP contribution in [0, 0.1) is 5.92 Å². The number of halogens is 1. The lowest BCUT2D eigenvalue weighted by atomic mass is 9.86. The van der Waals surface area contributed by atoms with Gasteiger partial charge in [-0.3, -0.25) is 4.79 Å². The number of aliphatic imine (C=N–C) groups is 1. The molecule has 2 rings (SSSR count). The third-order valence-corrected chi connectivity index (χ3v) is 4.63. The summed E-state index contributed by atoms with van der Waals surface area (Å²) in [7, 11) is 0. The molecule has 1 aliphatic rings. The third-order valence-electron chi connectivity index (χ3n) is 4.63. The molecule has 1 aromatic rings. The van der Waals surface area contributed by atoms with E-state index in [0.29, 0.717) is 18.3 Å². The van der Waals surface area contributed by atoms with Crippen LogP contribution in [0.2, 0.25) is 0 Å². The van der Waals surface area contributed by atoms with Crippen molar-refractivity contribution < 1.29 is 19.1 Å². The third kappa shape index (κ3) is 7.33. The van der Waals surface area contributed by atoms with Gasteiger partial charge < -0.3 is 24.9 Å². The molecule has 0 radical (unpaired) electrons. The van der Waals surface area contributed by atoms with Crippen molar-refractivity contribution in [3.8, 4) is 0 Å². The summed E-state index contributed by atoms with van der Waals surface area (Å²) in [6.07, 6.45) is 4.96. The number of carbonyl (C=O) groups is 1. The zero-order chi connectivity index (χ0) is 19.0. The Morgan fingerprint density at radius 3 is 2.63 bits per heavy atom. The molecule has 1 fully saturated rings. The number of esters is 1. The normalized spacial score (nSPS) is 22.3. The average molecular weight is 493 g/mol. The lowest BCUT2D eigenvalue weighted by Crippen LogP contribution is -2.46. The number of aliphatic hydroxyl groups is 1.